The van der Waals surface area contributed by atoms with Crippen LogP contribution in [0.5, 0.6) is 0 Å². The van der Waals surface area contributed by atoms with Gasteiger partial charge in [-0.2, -0.15) is 0 Å². The summed E-state index contributed by atoms with van der Waals surface area (Å²) in [6, 6.07) is 0. The zero-order valence-corrected chi connectivity index (χ0v) is 10.3. The van der Waals surface area contributed by atoms with E-state index in [0.29, 0.717) is 24.7 Å². The van der Waals surface area contributed by atoms with Crippen LogP contribution in [0.15, 0.2) is 12.2 Å². The summed E-state index contributed by atoms with van der Waals surface area (Å²) in [6.45, 7) is 4.75. The Hall–Kier alpha value is -0.380. The molecule has 4 fully saturated rings. The molecular weight excluding hydrogens is 216 g/mol. The molecule has 7 atom stereocenters. The van der Waals surface area contributed by atoms with E-state index in [-0.39, 0.29) is 0 Å². The van der Waals surface area contributed by atoms with Gasteiger partial charge in [-0.15, -0.1) is 0 Å². The number of epoxide rings is 1. The maximum atomic E-state index is 5.74. The summed E-state index contributed by atoms with van der Waals surface area (Å²) in [5.41, 5.74) is 1.22. The molecule has 3 heteroatoms. The maximum Gasteiger partial charge on any atom is 0.103 e. The van der Waals surface area contributed by atoms with Gasteiger partial charge in [0.15, 0.2) is 0 Å². The van der Waals surface area contributed by atoms with E-state index >= 15 is 0 Å². The quantitative estimate of drug-likeness (QED) is 0.324. The molecule has 0 aromatic carbocycles. The van der Waals surface area contributed by atoms with E-state index in [9.17, 15) is 0 Å². The molecule has 0 spiro atoms. The fraction of sp³-hybridized carbons (Fsp3) is 0.857. The van der Waals surface area contributed by atoms with Crippen LogP contribution < -0.4 is 0 Å². The summed E-state index contributed by atoms with van der Waals surface area (Å²) in [6.07, 6.45) is 5.30. The lowest BCUT2D eigenvalue weighted by atomic mass is 9.73. The first-order valence-corrected chi connectivity index (χ1v) is 6.78. The summed E-state index contributed by atoms with van der Waals surface area (Å²) in [4.78, 5) is 9.72. The third-order valence-electron chi connectivity index (χ3n) is 5.63. The smallest absolute Gasteiger partial charge is 0.103 e. The summed E-state index contributed by atoms with van der Waals surface area (Å²) in [7, 11) is 1.56. The lowest BCUT2D eigenvalue weighted by Crippen LogP contribution is -2.30. The summed E-state index contributed by atoms with van der Waals surface area (Å²) in [5.74, 6) is 4.21. The number of hydrogen-bond acceptors (Lipinski definition) is 3. The third-order valence-corrected chi connectivity index (χ3v) is 5.63. The lowest BCUT2D eigenvalue weighted by Gasteiger charge is -2.33. The molecule has 3 nitrogen and oxygen atoms in total. The van der Waals surface area contributed by atoms with Crippen LogP contribution in [0.3, 0.4) is 0 Å². The van der Waals surface area contributed by atoms with E-state index in [4.69, 9.17) is 9.62 Å². The van der Waals surface area contributed by atoms with Gasteiger partial charge in [-0.05, 0) is 54.4 Å². The normalized spacial score (nSPS) is 53.6. The van der Waals surface area contributed by atoms with Crippen molar-refractivity contribution in [3.8, 4) is 0 Å². The van der Waals surface area contributed by atoms with Gasteiger partial charge in [0, 0.05) is 0 Å². The Morgan fingerprint density at radius 1 is 1.29 bits per heavy atom. The molecule has 2 bridgehead atoms. The predicted octanol–water partition coefficient (Wildman–Crippen LogP) is 2.18. The second kappa shape index (κ2) is 3.56. The van der Waals surface area contributed by atoms with Crippen molar-refractivity contribution in [3.05, 3.63) is 12.2 Å². The van der Waals surface area contributed by atoms with Gasteiger partial charge in [-0.3, -0.25) is 0 Å². The van der Waals surface area contributed by atoms with E-state index in [0.717, 1.165) is 23.7 Å². The Kier molecular flexibility index (Phi) is 2.21. The van der Waals surface area contributed by atoms with Crippen LogP contribution in [-0.2, 0) is 14.5 Å². The fourth-order valence-electron chi connectivity index (χ4n) is 5.02. The van der Waals surface area contributed by atoms with Crippen LogP contribution in [0.25, 0.3) is 0 Å². The molecule has 0 aromatic rings. The van der Waals surface area contributed by atoms with Crippen molar-refractivity contribution in [2.45, 2.75) is 31.5 Å². The van der Waals surface area contributed by atoms with Gasteiger partial charge >= 0.3 is 0 Å². The van der Waals surface area contributed by atoms with Gasteiger partial charge in [0.2, 0.25) is 0 Å². The highest BCUT2D eigenvalue weighted by Crippen LogP contribution is 2.66. The Labute approximate surface area is 102 Å². The minimum atomic E-state index is 0.552. The molecule has 7 unspecified atom stereocenters. The van der Waals surface area contributed by atoms with Crippen LogP contribution in [0, 0.1) is 29.6 Å². The minimum absolute atomic E-state index is 0.552. The average molecular weight is 236 g/mol. The molecule has 3 aliphatic carbocycles. The average Bonchev–Trinajstić information content (AvgIpc) is 2.76. The van der Waals surface area contributed by atoms with Crippen molar-refractivity contribution in [2.75, 3.05) is 13.7 Å². The van der Waals surface area contributed by atoms with Gasteiger partial charge in [0.05, 0.1) is 19.3 Å². The monoisotopic (exact) mass is 236 g/mol. The van der Waals surface area contributed by atoms with Gasteiger partial charge in [0.1, 0.15) is 6.61 Å². The Bertz CT molecular complexity index is 353. The largest absolute Gasteiger partial charge is 0.369 e. The first-order valence-electron chi connectivity index (χ1n) is 6.78. The fourth-order valence-corrected chi connectivity index (χ4v) is 5.02. The molecule has 0 radical (unpaired) electrons. The molecule has 1 heterocycles. The van der Waals surface area contributed by atoms with Crippen LogP contribution in [0.2, 0.25) is 0 Å². The molecule has 17 heavy (non-hydrogen) atoms. The molecule has 94 valence electrons. The van der Waals surface area contributed by atoms with Crippen LogP contribution in [0.1, 0.15) is 19.3 Å². The first kappa shape index (κ1) is 10.5. The van der Waals surface area contributed by atoms with Gasteiger partial charge in [-0.25, -0.2) is 9.78 Å². The van der Waals surface area contributed by atoms with Crippen molar-refractivity contribution in [1.29, 1.82) is 0 Å². The molecule has 1 aliphatic heterocycles. The topological polar surface area (TPSA) is 31.0 Å². The number of ether oxygens (including phenoxy) is 1. The second-order valence-corrected chi connectivity index (χ2v) is 6.20. The summed E-state index contributed by atoms with van der Waals surface area (Å²) < 4.78 is 5.74. The van der Waals surface area contributed by atoms with Gasteiger partial charge in [-0.1, -0.05) is 6.58 Å². The van der Waals surface area contributed by atoms with Crippen molar-refractivity contribution in [2.24, 2.45) is 29.6 Å². The number of rotatable bonds is 4. The molecule has 0 aromatic heterocycles. The standard InChI is InChI=1S/C14H20O3/c1-7(6-16-15-2)9-3-8-4-11(9)13-10(8)5-12-14(13)17-12/h8-14H,1,3-6H2,2H3. The highest BCUT2D eigenvalue weighted by atomic mass is 17.2. The lowest BCUT2D eigenvalue weighted by molar-refractivity contribution is -0.266. The van der Waals surface area contributed by atoms with E-state index < -0.39 is 0 Å². The van der Waals surface area contributed by atoms with Crippen molar-refractivity contribution < 1.29 is 14.5 Å². The third kappa shape index (κ3) is 1.39. The first-order chi connectivity index (χ1) is 8.29. The Morgan fingerprint density at radius 3 is 3.00 bits per heavy atom. The van der Waals surface area contributed by atoms with Gasteiger partial charge in [0.25, 0.3) is 0 Å². The minimum Gasteiger partial charge on any atom is -0.369 e. The highest BCUT2D eigenvalue weighted by molar-refractivity contribution is 5.19. The van der Waals surface area contributed by atoms with E-state index in [1.807, 2.05) is 0 Å². The SMILES string of the molecule is C=C(COOC)C1CC2CC1C1C2CC2OC21. The predicted molar refractivity (Wildman–Crippen MR) is 62.1 cm³/mol. The number of hydrogen-bond donors (Lipinski definition) is 0. The molecule has 4 aliphatic rings. The zero-order valence-electron chi connectivity index (χ0n) is 10.3. The molecular formula is C14H20O3. The van der Waals surface area contributed by atoms with E-state index in [1.165, 1.54) is 24.8 Å². The molecule has 0 amide bonds. The maximum absolute atomic E-state index is 5.74. The van der Waals surface area contributed by atoms with E-state index in [1.54, 1.807) is 7.11 Å². The van der Waals surface area contributed by atoms with Gasteiger partial charge < -0.3 is 4.74 Å². The van der Waals surface area contributed by atoms with Crippen molar-refractivity contribution in [3.63, 3.8) is 0 Å². The van der Waals surface area contributed by atoms with Crippen LogP contribution in [-0.4, -0.2) is 25.9 Å². The highest BCUT2D eigenvalue weighted by Gasteiger charge is 2.66. The Balaban J connectivity index is 1.48. The van der Waals surface area contributed by atoms with Crippen molar-refractivity contribution >= 4 is 0 Å². The van der Waals surface area contributed by atoms with Crippen LogP contribution in [0.4, 0.5) is 0 Å². The zero-order chi connectivity index (χ0) is 11.6. The second-order valence-electron chi connectivity index (χ2n) is 6.20. The Morgan fingerprint density at radius 2 is 2.18 bits per heavy atom. The molecule has 0 N–H and O–H groups in total. The molecule has 4 rings (SSSR count). The molecule has 3 saturated carbocycles. The summed E-state index contributed by atoms with van der Waals surface area (Å²) >= 11 is 0. The summed E-state index contributed by atoms with van der Waals surface area (Å²) in [5, 5.41) is 0. The van der Waals surface area contributed by atoms with E-state index in [2.05, 4.69) is 11.5 Å². The van der Waals surface area contributed by atoms with Crippen molar-refractivity contribution in [1.82, 2.24) is 0 Å². The molecule has 1 saturated heterocycles. The van der Waals surface area contributed by atoms with Crippen LogP contribution >= 0.6 is 0 Å². The number of fused-ring (bicyclic) bond motifs is 7.